The summed E-state index contributed by atoms with van der Waals surface area (Å²) in [4.78, 5) is 200. The standard InChI is InChI=1S/C79H114N12O14S2/c1-49(2)40-61-75(101)88(13)54(8)74(100)89(14)64(41-50(3)4)68(94)42-51(5)73(99)90(15)65(45-57-32-23-18-24-33-57)77(103)87(12)53(7)70(96)82-52(6)66(92)47-59(43-55-28-19-16-20-29-55)72(98)85-62(48-106-107-79(9,10)11)76(102)91-38-27-35-63(91)78(104)105-39-36-69(95)83-60(44-56-30-21-17-22-31-56)67(93)46-58(71(97)84-61)34-25-26-37-81-86-80/h16-24,28-33,49-54,58-65H,25-27,34-48H2,1-15H3,(H,82,96)(H,83,95)(H,84,97)(H,85,98)/t51-,52+,53+,54+,58-,59-,60+,61+,62+,63+,64+,65+/m1/s1. The van der Waals surface area contributed by atoms with Crippen molar-refractivity contribution in [1.29, 1.82) is 0 Å². The van der Waals surface area contributed by atoms with Gasteiger partial charge in [-0.2, -0.15) is 0 Å². The van der Waals surface area contributed by atoms with Crippen LogP contribution in [0.15, 0.2) is 96.1 Å². The summed E-state index contributed by atoms with van der Waals surface area (Å²) in [6.45, 7) is 19.2. The smallest absolute Gasteiger partial charge is 0.328 e. The minimum atomic E-state index is -1.22. The molecule has 2 fully saturated rings. The molecule has 4 N–H and O–H groups in total. The van der Waals surface area contributed by atoms with E-state index in [1.54, 1.807) is 97.9 Å². The molecule has 5 rings (SSSR count). The maximum atomic E-state index is 14.9. The fraction of sp³-hybridized carbons (Fsp3) is 0.608. The Labute approximate surface area is 639 Å². The molecule has 0 spiro atoms. The second-order valence-electron chi connectivity index (χ2n) is 30.3. The van der Waals surface area contributed by atoms with E-state index < -0.39 is 174 Å². The van der Waals surface area contributed by atoms with Gasteiger partial charge in [0.15, 0.2) is 17.3 Å². The number of fused-ring (bicyclic) bond motifs is 1. The zero-order valence-electron chi connectivity index (χ0n) is 65.1. The van der Waals surface area contributed by atoms with Gasteiger partial charge in [0.25, 0.3) is 0 Å². The van der Waals surface area contributed by atoms with Crippen molar-refractivity contribution in [3.8, 4) is 0 Å². The predicted octanol–water partition coefficient (Wildman–Crippen LogP) is 8.46. The summed E-state index contributed by atoms with van der Waals surface area (Å²) in [6, 6.07) is 16.1. The lowest BCUT2D eigenvalue weighted by atomic mass is 9.90. The van der Waals surface area contributed by atoms with Crippen molar-refractivity contribution in [2.24, 2.45) is 34.7 Å². The molecule has 107 heavy (non-hydrogen) atoms. The molecule has 586 valence electrons. The van der Waals surface area contributed by atoms with Gasteiger partial charge in [-0.05, 0) is 106 Å². The van der Waals surface area contributed by atoms with Gasteiger partial charge in [-0.3, -0.25) is 57.5 Å². The molecule has 0 aromatic heterocycles. The van der Waals surface area contributed by atoms with Crippen molar-refractivity contribution in [3.05, 3.63) is 118 Å². The summed E-state index contributed by atoms with van der Waals surface area (Å²) < 4.78 is 5.46. The first kappa shape index (κ1) is 89.0. The molecule has 0 unspecified atom stereocenters. The van der Waals surface area contributed by atoms with Gasteiger partial charge >= 0.3 is 5.97 Å². The van der Waals surface area contributed by atoms with E-state index in [1.807, 2.05) is 48.5 Å². The second-order valence-corrected chi connectivity index (χ2v) is 33.5. The molecule has 3 aromatic rings. The average Bonchev–Trinajstić information content (AvgIpc) is 1.71. The molecule has 2 aliphatic rings. The number of carbonyl (C=O) groups excluding carboxylic acids is 13. The number of benzene rings is 3. The third-order valence-electron chi connectivity index (χ3n) is 19.6. The fourth-order valence-electron chi connectivity index (χ4n) is 13.1. The lowest BCUT2D eigenvalue weighted by molar-refractivity contribution is -0.154. The van der Waals surface area contributed by atoms with Gasteiger partial charge in [-0.15, -0.1) is 0 Å². The van der Waals surface area contributed by atoms with Crippen LogP contribution in [0.2, 0.25) is 0 Å². The first-order valence-corrected chi connectivity index (χ1v) is 39.6. The van der Waals surface area contributed by atoms with Gasteiger partial charge in [0.2, 0.25) is 53.2 Å². The quantitative estimate of drug-likeness (QED) is 0.0232. The lowest BCUT2D eigenvalue weighted by Crippen LogP contribution is -2.57. The Bertz CT molecular complexity index is 3580. The average molecular weight is 1520 g/mol. The maximum Gasteiger partial charge on any atom is 0.328 e. The Morgan fingerprint density at radius 1 is 0.551 bits per heavy atom. The summed E-state index contributed by atoms with van der Waals surface area (Å²) in [6.07, 6.45) is 0.184. The number of azide groups is 1. The van der Waals surface area contributed by atoms with Gasteiger partial charge in [0, 0.05) is 100 Å². The van der Waals surface area contributed by atoms with Crippen LogP contribution in [0.25, 0.3) is 10.4 Å². The molecule has 2 aliphatic heterocycles. The van der Waals surface area contributed by atoms with Crippen molar-refractivity contribution >= 4 is 98.1 Å². The van der Waals surface area contributed by atoms with Crippen molar-refractivity contribution in [1.82, 2.24) is 45.8 Å². The van der Waals surface area contributed by atoms with Crippen LogP contribution in [-0.4, -0.2) is 214 Å². The highest BCUT2D eigenvalue weighted by atomic mass is 33.1. The Morgan fingerprint density at radius 2 is 1.09 bits per heavy atom. The minimum Gasteiger partial charge on any atom is -0.464 e. The topological polar surface area (TPSA) is 344 Å². The number of ether oxygens (including phenoxy) is 1. The molecule has 0 radical (unpaired) electrons. The second kappa shape index (κ2) is 43.4. The maximum absolute atomic E-state index is 14.9. The van der Waals surface area contributed by atoms with Crippen LogP contribution in [-0.2, 0) is 86.3 Å². The van der Waals surface area contributed by atoms with Crippen LogP contribution < -0.4 is 21.3 Å². The molecule has 3 aromatic carbocycles. The highest BCUT2D eigenvalue weighted by Gasteiger charge is 2.43. The molecular formula is C79H114N12O14S2. The van der Waals surface area contributed by atoms with Gasteiger partial charge in [-0.1, -0.05) is 180 Å². The normalized spacial score (nSPS) is 25.4. The van der Waals surface area contributed by atoms with Gasteiger partial charge in [-0.25, -0.2) is 4.79 Å². The highest BCUT2D eigenvalue weighted by Crippen LogP contribution is 2.36. The van der Waals surface area contributed by atoms with Crippen LogP contribution in [0.3, 0.4) is 0 Å². The van der Waals surface area contributed by atoms with E-state index in [-0.39, 0.29) is 86.8 Å². The summed E-state index contributed by atoms with van der Waals surface area (Å²) in [5.74, 6) is -11.5. The molecule has 28 heteroatoms. The van der Waals surface area contributed by atoms with Crippen LogP contribution >= 0.6 is 21.6 Å². The minimum absolute atomic E-state index is 0.00266. The first-order chi connectivity index (χ1) is 50.5. The zero-order chi connectivity index (χ0) is 79.4. The number of nitrogens with zero attached hydrogens (tertiary/aromatic N) is 8. The number of ketones is 3. The number of hydrogen-bond acceptors (Lipinski definition) is 17. The Hall–Kier alpha value is -8.62. The first-order valence-electron chi connectivity index (χ1n) is 37.3. The number of hydrogen-bond donors (Lipinski definition) is 4. The lowest BCUT2D eigenvalue weighted by Gasteiger charge is -2.36. The third-order valence-corrected chi connectivity index (χ3v) is 22.9. The summed E-state index contributed by atoms with van der Waals surface area (Å²) in [7, 11) is 8.55. The number of esters is 1. The summed E-state index contributed by atoms with van der Waals surface area (Å²) in [5.41, 5.74) is 11.1. The van der Waals surface area contributed by atoms with Crippen molar-refractivity contribution in [2.75, 3.05) is 53.6 Å². The number of likely N-dealkylation sites (N-methyl/N-ethyl adjacent to an activating group) is 4. The zero-order valence-corrected chi connectivity index (χ0v) is 66.7. The predicted molar refractivity (Wildman–Crippen MR) is 413 cm³/mol. The third kappa shape index (κ3) is 28.2. The number of unbranched alkanes of at least 4 members (excludes halogenated alkanes) is 1. The van der Waals surface area contributed by atoms with E-state index in [4.69, 9.17) is 10.3 Å². The Morgan fingerprint density at radius 3 is 1.67 bits per heavy atom. The molecular weight excluding hydrogens is 1410 g/mol. The van der Waals surface area contributed by atoms with Crippen molar-refractivity contribution < 1.29 is 67.1 Å². The van der Waals surface area contributed by atoms with E-state index in [2.05, 4.69) is 31.3 Å². The SMILES string of the molecule is CC(C)C[C@@H]1NC(=O)[C@H](CCCCN=[N+]=[N-])CC(=O)[C@H](Cc2ccccc2)NC(=O)CCOC(=O)[C@@H]2CCCN2C(=O)[C@H](CSSC(C)(C)C)NC(=O)[C@H](Cc2ccccc2)CC(=O)[C@H](C)NC(=O)[C@H](C)N(C)C(=O)[C@H](Cc2ccccc2)N(C)C(=O)[C@H](C)CC(=O)[C@H](CC(C)C)N(C)C(=O)[C@H](C)N(C)C1=O. The number of Topliss-reactive ketones (excluding diaryl/α,β-unsaturated/α-hetero) is 3. The van der Waals surface area contributed by atoms with E-state index in [0.717, 1.165) is 0 Å². The van der Waals surface area contributed by atoms with Gasteiger partial charge in [0.05, 0.1) is 24.5 Å². The molecule has 0 saturated carbocycles. The van der Waals surface area contributed by atoms with Crippen molar-refractivity contribution in [3.63, 3.8) is 0 Å². The van der Waals surface area contributed by atoms with Crippen LogP contribution in [0.1, 0.15) is 163 Å². The van der Waals surface area contributed by atoms with E-state index in [0.29, 0.717) is 36.0 Å². The van der Waals surface area contributed by atoms with Crippen LogP contribution in [0.4, 0.5) is 0 Å². The van der Waals surface area contributed by atoms with Crippen LogP contribution in [0.5, 0.6) is 0 Å². The Kier molecular flexibility index (Phi) is 36.1. The molecule has 2 heterocycles. The van der Waals surface area contributed by atoms with Crippen molar-refractivity contribution in [2.45, 2.75) is 225 Å². The molecule has 9 amide bonds. The van der Waals surface area contributed by atoms with Crippen LogP contribution in [0, 0.1) is 29.6 Å². The van der Waals surface area contributed by atoms with E-state index >= 15 is 0 Å². The Balaban J connectivity index is 1.57. The number of rotatable bonds is 18. The van der Waals surface area contributed by atoms with E-state index in [1.165, 1.54) is 95.0 Å². The molecule has 26 nitrogen and oxygen atoms in total. The molecule has 0 aliphatic carbocycles. The molecule has 2 saturated heterocycles. The summed E-state index contributed by atoms with van der Waals surface area (Å²) >= 11 is 0. The number of cyclic esters (lactones) is 1. The number of amides is 9. The molecule has 12 atom stereocenters. The van der Waals surface area contributed by atoms with Gasteiger partial charge in [0.1, 0.15) is 42.9 Å². The largest absolute Gasteiger partial charge is 0.464 e. The fourth-order valence-corrected chi connectivity index (χ4v) is 15.5. The highest BCUT2D eigenvalue weighted by molar-refractivity contribution is 8.77. The molecule has 0 bridgehead atoms. The number of carbonyl (C=O) groups is 13. The summed E-state index contributed by atoms with van der Waals surface area (Å²) in [5, 5.41) is 15.0. The number of nitrogens with one attached hydrogen (secondary N) is 4. The van der Waals surface area contributed by atoms with E-state index in [9.17, 15) is 62.3 Å². The monoisotopic (exact) mass is 1520 g/mol. The van der Waals surface area contributed by atoms with Gasteiger partial charge < -0.3 is 50.5 Å².